The molecule has 7 nitrogen and oxygen atoms in total. The summed E-state index contributed by atoms with van der Waals surface area (Å²) in [6.07, 6.45) is 1.35. The summed E-state index contributed by atoms with van der Waals surface area (Å²) in [6.45, 7) is 3.59. The van der Waals surface area contributed by atoms with Gasteiger partial charge in [0.2, 0.25) is 21.8 Å². The van der Waals surface area contributed by atoms with E-state index in [9.17, 15) is 18.0 Å². The molecule has 0 bridgehead atoms. The van der Waals surface area contributed by atoms with E-state index in [4.69, 9.17) is 11.6 Å². The van der Waals surface area contributed by atoms with Crippen molar-refractivity contribution >= 4 is 39.1 Å². The van der Waals surface area contributed by atoms with Gasteiger partial charge in [-0.15, -0.1) is 0 Å². The van der Waals surface area contributed by atoms with E-state index in [0.29, 0.717) is 10.7 Å². The van der Waals surface area contributed by atoms with Crippen molar-refractivity contribution in [2.24, 2.45) is 0 Å². The summed E-state index contributed by atoms with van der Waals surface area (Å²) < 4.78 is 27.1. The molecule has 0 fully saturated rings. The number of rotatable bonds is 11. The molecule has 202 valence electrons. The predicted molar refractivity (Wildman–Crippen MR) is 153 cm³/mol. The van der Waals surface area contributed by atoms with Crippen LogP contribution in [0.3, 0.4) is 0 Å². The lowest BCUT2D eigenvalue weighted by atomic mass is 10.0. The molecule has 3 aromatic rings. The van der Waals surface area contributed by atoms with Crippen LogP contribution in [-0.4, -0.2) is 51.0 Å². The van der Waals surface area contributed by atoms with Gasteiger partial charge in [-0.2, -0.15) is 0 Å². The molecule has 0 aliphatic rings. The van der Waals surface area contributed by atoms with E-state index in [-0.39, 0.29) is 24.8 Å². The molecular formula is C29H34ClN3O4S. The molecule has 0 aromatic heterocycles. The molecule has 0 aliphatic carbocycles. The molecule has 0 aliphatic heterocycles. The van der Waals surface area contributed by atoms with Gasteiger partial charge >= 0.3 is 0 Å². The smallest absolute Gasteiger partial charge is 0.244 e. The third kappa shape index (κ3) is 7.58. The Balaban J connectivity index is 2.06. The van der Waals surface area contributed by atoms with Crippen LogP contribution in [0.5, 0.6) is 0 Å². The van der Waals surface area contributed by atoms with Crippen molar-refractivity contribution in [3.63, 3.8) is 0 Å². The van der Waals surface area contributed by atoms with Crippen molar-refractivity contribution in [1.29, 1.82) is 0 Å². The Morgan fingerprint density at radius 1 is 0.895 bits per heavy atom. The molecule has 0 radical (unpaired) electrons. The molecule has 1 N–H and O–H groups in total. The molecule has 38 heavy (non-hydrogen) atoms. The Morgan fingerprint density at radius 2 is 1.50 bits per heavy atom. The second kappa shape index (κ2) is 12.9. The first-order valence-corrected chi connectivity index (χ1v) is 14.6. The number of benzene rings is 3. The summed E-state index contributed by atoms with van der Waals surface area (Å²) in [6, 6.07) is 22.7. The fourth-order valence-corrected chi connectivity index (χ4v) is 5.30. The quantitative estimate of drug-likeness (QED) is 0.374. The first kappa shape index (κ1) is 29.2. The van der Waals surface area contributed by atoms with E-state index in [1.165, 1.54) is 11.9 Å². The Bertz CT molecular complexity index is 1350. The molecule has 1 atom stereocenters. The average Bonchev–Trinajstić information content (AvgIpc) is 2.89. The maximum absolute atomic E-state index is 14.0. The summed E-state index contributed by atoms with van der Waals surface area (Å²) >= 11 is 6.06. The highest BCUT2D eigenvalue weighted by atomic mass is 35.5. The maximum atomic E-state index is 14.0. The Kier molecular flexibility index (Phi) is 9.94. The monoisotopic (exact) mass is 555 g/mol. The second-order valence-electron chi connectivity index (χ2n) is 9.45. The number of hydrogen-bond donors (Lipinski definition) is 1. The van der Waals surface area contributed by atoms with E-state index in [2.05, 4.69) is 5.32 Å². The van der Waals surface area contributed by atoms with Crippen molar-refractivity contribution in [3.8, 4) is 0 Å². The number of hydrogen-bond acceptors (Lipinski definition) is 4. The predicted octanol–water partition coefficient (Wildman–Crippen LogP) is 4.62. The van der Waals surface area contributed by atoms with E-state index in [0.717, 1.165) is 27.3 Å². The molecule has 3 rings (SSSR count). The summed E-state index contributed by atoms with van der Waals surface area (Å²) in [5, 5.41) is 3.22. The number of sulfonamides is 1. The number of amides is 2. The van der Waals surface area contributed by atoms with Crippen LogP contribution in [0.1, 0.15) is 36.5 Å². The zero-order valence-corrected chi connectivity index (χ0v) is 23.7. The Hall–Kier alpha value is -3.36. The summed E-state index contributed by atoms with van der Waals surface area (Å²) in [4.78, 5) is 28.6. The lowest BCUT2D eigenvalue weighted by molar-refractivity contribution is -0.139. The van der Waals surface area contributed by atoms with Crippen LogP contribution in [0, 0.1) is 0 Å². The molecule has 0 spiro atoms. The number of carbonyl (C=O) groups is 2. The molecule has 0 saturated heterocycles. The first-order valence-electron chi connectivity index (χ1n) is 12.4. The van der Waals surface area contributed by atoms with E-state index in [1.807, 2.05) is 56.3 Å². The third-order valence-corrected chi connectivity index (χ3v) is 7.67. The third-order valence-electron chi connectivity index (χ3n) is 6.29. The lowest BCUT2D eigenvalue weighted by Gasteiger charge is -2.34. The van der Waals surface area contributed by atoms with Gasteiger partial charge in [-0.25, -0.2) is 8.42 Å². The highest BCUT2D eigenvalue weighted by Gasteiger charge is 2.33. The molecular weight excluding hydrogens is 522 g/mol. The van der Waals surface area contributed by atoms with Gasteiger partial charge in [-0.1, -0.05) is 86.1 Å². The van der Waals surface area contributed by atoms with Crippen molar-refractivity contribution in [1.82, 2.24) is 10.2 Å². The van der Waals surface area contributed by atoms with Gasteiger partial charge in [0.15, 0.2) is 0 Å². The summed E-state index contributed by atoms with van der Waals surface area (Å²) in [5.74, 6) is -0.800. The highest BCUT2D eigenvalue weighted by molar-refractivity contribution is 7.92. The van der Waals surface area contributed by atoms with Crippen molar-refractivity contribution < 1.29 is 18.0 Å². The molecule has 3 aromatic carbocycles. The van der Waals surface area contributed by atoms with Crippen LogP contribution < -0.4 is 9.62 Å². The van der Waals surface area contributed by atoms with E-state index < -0.39 is 28.5 Å². The van der Waals surface area contributed by atoms with Crippen molar-refractivity contribution in [3.05, 3.63) is 101 Å². The number of nitrogens with zero attached hydrogens (tertiary/aromatic N) is 2. The average molecular weight is 556 g/mol. The van der Waals surface area contributed by atoms with E-state index in [1.54, 1.807) is 36.4 Å². The van der Waals surface area contributed by atoms with Crippen LogP contribution in [0.25, 0.3) is 0 Å². The fraction of sp³-hybridized carbons (Fsp3) is 0.310. The molecule has 0 unspecified atom stereocenters. The molecule has 2 amide bonds. The largest absolute Gasteiger partial charge is 0.357 e. The lowest BCUT2D eigenvalue weighted by Crippen LogP contribution is -2.53. The number of likely N-dealkylation sites (N-methyl/N-ethyl adjacent to an activating group) is 1. The summed E-state index contributed by atoms with van der Waals surface area (Å²) in [7, 11) is -2.30. The van der Waals surface area contributed by atoms with Gasteiger partial charge in [0.05, 0.1) is 11.9 Å². The normalized spacial score (nSPS) is 12.2. The molecule has 0 heterocycles. The SMILES string of the molecule is CNC(=O)[C@@H](Cc1ccccc1)N(Cc1ccc(Cl)cc1)C(=O)CN(c1ccccc1C(C)C)S(C)(=O)=O. The zero-order chi connectivity index (χ0) is 27.9. The van der Waals surface area contributed by atoms with Crippen LogP contribution in [0.4, 0.5) is 5.69 Å². The minimum Gasteiger partial charge on any atom is -0.357 e. The fourth-order valence-electron chi connectivity index (χ4n) is 4.30. The van der Waals surface area contributed by atoms with Gasteiger partial charge < -0.3 is 10.2 Å². The van der Waals surface area contributed by atoms with Crippen molar-refractivity contribution in [2.45, 2.75) is 38.8 Å². The second-order valence-corrected chi connectivity index (χ2v) is 11.8. The van der Waals surface area contributed by atoms with Gasteiger partial charge in [-0.05, 0) is 40.8 Å². The minimum absolute atomic E-state index is 0.0346. The van der Waals surface area contributed by atoms with Crippen molar-refractivity contribution in [2.75, 3.05) is 24.2 Å². The van der Waals surface area contributed by atoms with Gasteiger partial charge in [0, 0.05) is 25.0 Å². The van der Waals surface area contributed by atoms with Gasteiger partial charge in [0.25, 0.3) is 0 Å². The standard InChI is InChI=1S/C29H34ClN3O4S/c1-21(2)25-12-8-9-13-26(25)33(38(4,36)37)20-28(34)32(19-23-14-16-24(30)17-15-23)27(29(35)31-3)18-22-10-6-5-7-11-22/h5-17,21,27H,18-20H2,1-4H3,(H,31,35)/t27-/m1/s1. The Morgan fingerprint density at radius 3 is 2.08 bits per heavy atom. The number of carbonyl (C=O) groups excluding carboxylic acids is 2. The topological polar surface area (TPSA) is 86.8 Å². The maximum Gasteiger partial charge on any atom is 0.244 e. The van der Waals surface area contributed by atoms with Crippen LogP contribution in [0.15, 0.2) is 78.9 Å². The van der Waals surface area contributed by atoms with Gasteiger partial charge in [-0.3, -0.25) is 13.9 Å². The van der Waals surface area contributed by atoms with Crippen LogP contribution in [-0.2, 0) is 32.6 Å². The number of halogens is 1. The van der Waals surface area contributed by atoms with Crippen LogP contribution in [0.2, 0.25) is 5.02 Å². The molecule has 0 saturated carbocycles. The minimum atomic E-state index is -3.82. The van der Waals surface area contributed by atoms with E-state index >= 15 is 0 Å². The number of para-hydroxylation sites is 1. The van der Waals surface area contributed by atoms with Crippen LogP contribution >= 0.6 is 11.6 Å². The molecule has 9 heteroatoms. The Labute approximate surface area is 230 Å². The number of anilines is 1. The number of nitrogens with one attached hydrogen (secondary N) is 1. The summed E-state index contributed by atoms with van der Waals surface area (Å²) in [5.41, 5.74) is 2.89. The highest BCUT2D eigenvalue weighted by Crippen LogP contribution is 2.29. The first-order chi connectivity index (χ1) is 18.0. The van der Waals surface area contributed by atoms with Gasteiger partial charge in [0.1, 0.15) is 12.6 Å². The zero-order valence-electron chi connectivity index (χ0n) is 22.1.